The summed E-state index contributed by atoms with van der Waals surface area (Å²) in [5.74, 6) is 0.912. The Balaban J connectivity index is 1.27. The fraction of sp³-hybridized carbons (Fsp3) is 0.417. The molecule has 0 bridgehead atoms. The van der Waals surface area contributed by atoms with Crippen LogP contribution in [0.5, 0.6) is 5.75 Å². The smallest absolute Gasteiger partial charge is 0.321 e. The van der Waals surface area contributed by atoms with E-state index in [0.717, 1.165) is 24.2 Å². The summed E-state index contributed by atoms with van der Waals surface area (Å²) in [5.41, 5.74) is 3.59. The van der Waals surface area contributed by atoms with Crippen LogP contribution in [0, 0.1) is 0 Å². The molecule has 5 rings (SSSR count). The lowest BCUT2D eigenvalue weighted by atomic mass is 9.80. The minimum absolute atomic E-state index is 0.135. The zero-order valence-electron chi connectivity index (χ0n) is 16.9. The van der Waals surface area contributed by atoms with Gasteiger partial charge in [-0.25, -0.2) is 4.79 Å². The number of nitrogens with zero attached hydrogens (tertiary/aromatic N) is 1. The number of urea groups is 1. The minimum atomic E-state index is -0.496. The third kappa shape index (κ3) is 3.67. The molecule has 0 radical (unpaired) electrons. The summed E-state index contributed by atoms with van der Waals surface area (Å²) in [5, 5.41) is 3.54. The lowest BCUT2D eigenvalue weighted by molar-refractivity contribution is 0.000293. The lowest BCUT2D eigenvalue weighted by Crippen LogP contribution is -2.53. The third-order valence-electron chi connectivity index (χ3n) is 6.61. The van der Waals surface area contributed by atoms with Crippen LogP contribution in [0.4, 0.5) is 10.5 Å². The van der Waals surface area contributed by atoms with Gasteiger partial charge in [0.15, 0.2) is 5.78 Å². The van der Waals surface area contributed by atoms with Gasteiger partial charge in [0.1, 0.15) is 11.4 Å². The second kappa shape index (κ2) is 7.62. The first-order valence-electron chi connectivity index (χ1n) is 10.7. The van der Waals surface area contributed by atoms with E-state index in [1.807, 2.05) is 0 Å². The SMILES string of the molecule is O=C1CC2(CCN(C(=O)Nc3ccc(Cl)cc3)CC2)Oc2cc3c(cc21)CCCC3. The molecule has 1 aliphatic carbocycles. The van der Waals surface area contributed by atoms with Crippen LogP contribution in [0.15, 0.2) is 36.4 Å². The number of carbonyl (C=O) groups excluding carboxylic acids is 2. The van der Waals surface area contributed by atoms with E-state index in [2.05, 4.69) is 17.4 Å². The van der Waals surface area contributed by atoms with Gasteiger partial charge in [0.05, 0.1) is 12.0 Å². The molecular weight excluding hydrogens is 400 g/mol. The van der Waals surface area contributed by atoms with E-state index >= 15 is 0 Å². The number of fused-ring (bicyclic) bond motifs is 2. The molecule has 0 unspecified atom stereocenters. The van der Waals surface area contributed by atoms with Gasteiger partial charge in [-0.3, -0.25) is 4.79 Å². The number of benzene rings is 2. The summed E-state index contributed by atoms with van der Waals surface area (Å²) >= 11 is 5.90. The average Bonchev–Trinajstić information content (AvgIpc) is 2.75. The summed E-state index contributed by atoms with van der Waals surface area (Å²) in [7, 11) is 0. The van der Waals surface area contributed by atoms with Crippen molar-refractivity contribution in [1.29, 1.82) is 0 Å². The fourth-order valence-corrected chi connectivity index (χ4v) is 4.98. The van der Waals surface area contributed by atoms with Crippen LogP contribution in [0.25, 0.3) is 0 Å². The molecule has 2 aliphatic heterocycles. The van der Waals surface area contributed by atoms with E-state index in [9.17, 15) is 9.59 Å². The zero-order valence-corrected chi connectivity index (χ0v) is 17.6. The van der Waals surface area contributed by atoms with Crippen molar-refractivity contribution >= 4 is 29.1 Å². The van der Waals surface area contributed by atoms with Crippen LogP contribution in [0.1, 0.15) is 53.6 Å². The monoisotopic (exact) mass is 424 g/mol. The molecular formula is C24H25ClN2O3. The van der Waals surface area contributed by atoms with Crippen molar-refractivity contribution in [3.05, 3.63) is 58.1 Å². The summed E-state index contributed by atoms with van der Waals surface area (Å²) < 4.78 is 6.46. The number of aryl methyl sites for hydroxylation is 2. The van der Waals surface area contributed by atoms with Crippen molar-refractivity contribution in [2.24, 2.45) is 0 Å². The number of likely N-dealkylation sites (tertiary alicyclic amines) is 1. The summed E-state index contributed by atoms with van der Waals surface area (Å²) in [6.45, 7) is 1.12. The van der Waals surface area contributed by atoms with E-state index in [-0.39, 0.29) is 11.8 Å². The summed E-state index contributed by atoms with van der Waals surface area (Å²) in [4.78, 5) is 27.4. The number of Topliss-reactive ketones (excluding diaryl/α,β-unsaturated/α-hetero) is 1. The predicted octanol–water partition coefficient (Wildman–Crippen LogP) is 5.25. The van der Waals surface area contributed by atoms with Gasteiger partial charge >= 0.3 is 6.03 Å². The van der Waals surface area contributed by atoms with Gasteiger partial charge in [0.2, 0.25) is 0 Å². The summed E-state index contributed by atoms with van der Waals surface area (Å²) in [6.07, 6.45) is 6.21. The van der Waals surface area contributed by atoms with Gasteiger partial charge < -0.3 is 15.0 Å². The Morgan fingerprint density at radius 2 is 1.70 bits per heavy atom. The Morgan fingerprint density at radius 3 is 2.40 bits per heavy atom. The van der Waals surface area contributed by atoms with Gasteiger partial charge in [0.25, 0.3) is 0 Å². The molecule has 2 heterocycles. The van der Waals surface area contributed by atoms with Crippen molar-refractivity contribution in [2.75, 3.05) is 18.4 Å². The number of hydrogen-bond donors (Lipinski definition) is 1. The first-order chi connectivity index (χ1) is 14.5. The number of rotatable bonds is 1. The molecule has 1 saturated heterocycles. The van der Waals surface area contributed by atoms with Crippen molar-refractivity contribution < 1.29 is 14.3 Å². The molecule has 6 heteroatoms. The number of carbonyl (C=O) groups is 2. The first kappa shape index (κ1) is 19.4. The van der Waals surface area contributed by atoms with Gasteiger partial charge in [-0.2, -0.15) is 0 Å². The first-order valence-corrected chi connectivity index (χ1v) is 11.1. The van der Waals surface area contributed by atoms with E-state index < -0.39 is 5.60 Å². The highest BCUT2D eigenvalue weighted by Crippen LogP contribution is 2.41. The van der Waals surface area contributed by atoms with Gasteiger partial charge in [-0.1, -0.05) is 11.6 Å². The molecule has 2 aromatic carbocycles. The van der Waals surface area contributed by atoms with Gasteiger partial charge in [-0.05, 0) is 73.2 Å². The van der Waals surface area contributed by atoms with Crippen LogP contribution in [-0.4, -0.2) is 35.4 Å². The molecule has 1 spiro atoms. The highest BCUT2D eigenvalue weighted by atomic mass is 35.5. The predicted molar refractivity (Wildman–Crippen MR) is 117 cm³/mol. The van der Waals surface area contributed by atoms with Crippen molar-refractivity contribution in [3.63, 3.8) is 0 Å². The average molecular weight is 425 g/mol. The number of halogens is 1. The maximum atomic E-state index is 12.9. The van der Waals surface area contributed by atoms with Crippen LogP contribution in [0.2, 0.25) is 5.02 Å². The Hall–Kier alpha value is -2.53. The second-order valence-electron chi connectivity index (χ2n) is 8.63. The Bertz CT molecular complexity index is 994. The van der Waals surface area contributed by atoms with E-state index in [4.69, 9.17) is 16.3 Å². The maximum absolute atomic E-state index is 12.9. The van der Waals surface area contributed by atoms with Crippen molar-refractivity contribution in [3.8, 4) is 5.75 Å². The molecule has 0 atom stereocenters. The van der Waals surface area contributed by atoms with Crippen molar-refractivity contribution in [2.45, 2.75) is 50.5 Å². The number of piperidine rings is 1. The molecule has 1 fully saturated rings. The Kier molecular flexibility index (Phi) is 4.94. The molecule has 3 aliphatic rings. The highest BCUT2D eigenvalue weighted by Gasteiger charge is 2.44. The standard InChI is InChI=1S/C24H25ClN2O3/c25-18-5-7-19(8-6-18)26-23(29)27-11-9-24(10-12-27)15-21(28)20-13-16-3-1-2-4-17(16)14-22(20)30-24/h5-8,13-14H,1-4,9-12,15H2,(H,26,29). The number of ketones is 1. The third-order valence-corrected chi connectivity index (χ3v) is 6.86. The van der Waals surface area contributed by atoms with Crippen molar-refractivity contribution in [1.82, 2.24) is 4.90 Å². The largest absolute Gasteiger partial charge is 0.486 e. The zero-order chi connectivity index (χ0) is 20.7. The fourth-order valence-electron chi connectivity index (χ4n) is 4.85. The molecule has 2 aromatic rings. The van der Waals surface area contributed by atoms with Crippen LogP contribution >= 0.6 is 11.6 Å². The maximum Gasteiger partial charge on any atom is 0.321 e. The molecule has 30 heavy (non-hydrogen) atoms. The topological polar surface area (TPSA) is 58.6 Å². The number of hydrogen-bond acceptors (Lipinski definition) is 3. The van der Waals surface area contributed by atoms with E-state index in [1.54, 1.807) is 29.2 Å². The normalized spacial score (nSPS) is 19.6. The van der Waals surface area contributed by atoms with E-state index in [0.29, 0.717) is 43.1 Å². The number of ether oxygens (including phenoxy) is 1. The van der Waals surface area contributed by atoms with Crippen LogP contribution in [-0.2, 0) is 12.8 Å². The van der Waals surface area contributed by atoms with Gasteiger partial charge in [0, 0.05) is 36.6 Å². The van der Waals surface area contributed by atoms with Crippen LogP contribution in [0.3, 0.4) is 0 Å². The molecule has 2 amide bonds. The number of nitrogens with one attached hydrogen (secondary N) is 1. The van der Waals surface area contributed by atoms with Gasteiger partial charge in [-0.15, -0.1) is 0 Å². The minimum Gasteiger partial charge on any atom is -0.486 e. The Morgan fingerprint density at radius 1 is 1.03 bits per heavy atom. The number of anilines is 1. The lowest BCUT2D eigenvalue weighted by Gasteiger charge is -2.44. The van der Waals surface area contributed by atoms with E-state index in [1.165, 1.54) is 24.0 Å². The molecule has 0 aromatic heterocycles. The molecule has 0 saturated carbocycles. The highest BCUT2D eigenvalue weighted by molar-refractivity contribution is 6.30. The number of amides is 2. The Labute approximate surface area is 181 Å². The van der Waals surface area contributed by atoms with Crippen LogP contribution < -0.4 is 10.1 Å². The molecule has 156 valence electrons. The summed E-state index contributed by atoms with van der Waals surface area (Å²) in [6, 6.07) is 11.1. The second-order valence-corrected chi connectivity index (χ2v) is 9.07. The molecule has 1 N–H and O–H groups in total. The molecule has 5 nitrogen and oxygen atoms in total. The quantitative estimate of drug-likeness (QED) is 0.680.